The van der Waals surface area contributed by atoms with E-state index >= 15 is 0 Å². The van der Waals surface area contributed by atoms with E-state index in [0.717, 1.165) is 4.88 Å². The fourth-order valence-electron chi connectivity index (χ4n) is 1.32. The van der Waals surface area contributed by atoms with Crippen molar-refractivity contribution in [2.45, 2.75) is 13.2 Å². The number of halogens is 1. The number of hydrogen-bond donors (Lipinski definition) is 2. The van der Waals surface area contributed by atoms with Crippen LogP contribution < -0.4 is 11.3 Å². The third-order valence-corrected chi connectivity index (χ3v) is 3.04. The first-order valence-electron chi connectivity index (χ1n) is 5.02. The Morgan fingerprint density at radius 3 is 2.88 bits per heavy atom. The molecule has 0 spiro atoms. The van der Waals surface area contributed by atoms with Crippen LogP contribution in [0, 0.1) is 5.82 Å². The molecule has 0 unspecified atom stereocenters. The second kappa shape index (κ2) is 5.72. The molecule has 0 aliphatic rings. The minimum atomic E-state index is -0.249. The molecular weight excluding hydrogens is 241 g/mol. The number of hydrogen-bond acceptors (Lipinski definition) is 5. The number of nitrogen functional groups attached to an aromatic ring is 1. The highest BCUT2D eigenvalue weighted by Crippen LogP contribution is 2.18. The molecule has 1 aromatic heterocycles. The van der Waals surface area contributed by atoms with Gasteiger partial charge < -0.3 is 4.74 Å². The predicted molar refractivity (Wildman–Crippen MR) is 64.8 cm³/mol. The van der Waals surface area contributed by atoms with Crippen molar-refractivity contribution in [2.24, 2.45) is 5.84 Å². The van der Waals surface area contributed by atoms with Crippen molar-refractivity contribution in [1.82, 2.24) is 4.98 Å². The molecule has 0 saturated carbocycles. The third-order valence-electron chi connectivity index (χ3n) is 2.14. The number of ether oxygens (including phenoxy) is 1. The van der Waals surface area contributed by atoms with Gasteiger partial charge in [-0.2, -0.15) is 0 Å². The van der Waals surface area contributed by atoms with Crippen LogP contribution >= 0.6 is 11.3 Å². The van der Waals surface area contributed by atoms with Crippen molar-refractivity contribution >= 4 is 16.5 Å². The lowest BCUT2D eigenvalue weighted by molar-refractivity contribution is 0.107. The highest BCUT2D eigenvalue weighted by atomic mass is 32.1. The lowest BCUT2D eigenvalue weighted by Gasteiger charge is -2.03. The van der Waals surface area contributed by atoms with E-state index in [4.69, 9.17) is 10.6 Å². The normalized spacial score (nSPS) is 10.5. The van der Waals surface area contributed by atoms with Gasteiger partial charge in [0.2, 0.25) is 0 Å². The van der Waals surface area contributed by atoms with E-state index in [9.17, 15) is 4.39 Å². The van der Waals surface area contributed by atoms with Gasteiger partial charge in [0, 0.05) is 11.8 Å². The lowest BCUT2D eigenvalue weighted by Crippen LogP contribution is -2.05. The van der Waals surface area contributed by atoms with E-state index < -0.39 is 0 Å². The van der Waals surface area contributed by atoms with E-state index in [1.165, 1.54) is 17.4 Å². The fourth-order valence-corrected chi connectivity index (χ4v) is 1.98. The van der Waals surface area contributed by atoms with Gasteiger partial charge in [-0.25, -0.2) is 15.2 Å². The summed E-state index contributed by atoms with van der Waals surface area (Å²) < 4.78 is 18.7. The maximum Gasteiger partial charge on any atom is 0.197 e. The van der Waals surface area contributed by atoms with Crippen LogP contribution in [0.5, 0.6) is 0 Å². The molecule has 17 heavy (non-hydrogen) atoms. The highest BCUT2D eigenvalue weighted by Gasteiger charge is 2.03. The first kappa shape index (κ1) is 12.0. The van der Waals surface area contributed by atoms with Gasteiger partial charge in [0.25, 0.3) is 0 Å². The van der Waals surface area contributed by atoms with Gasteiger partial charge in [-0.3, -0.25) is 5.43 Å². The topological polar surface area (TPSA) is 60.2 Å². The van der Waals surface area contributed by atoms with Crippen LogP contribution in [-0.2, 0) is 18.0 Å². The number of hydrazine groups is 1. The van der Waals surface area contributed by atoms with Crippen molar-refractivity contribution in [1.29, 1.82) is 0 Å². The zero-order valence-corrected chi connectivity index (χ0v) is 9.84. The Hall–Kier alpha value is -1.50. The first-order valence-corrected chi connectivity index (χ1v) is 5.83. The minimum absolute atomic E-state index is 0.246. The zero-order valence-electron chi connectivity index (χ0n) is 9.02. The Morgan fingerprint density at radius 1 is 1.35 bits per heavy atom. The largest absolute Gasteiger partial charge is 0.371 e. The van der Waals surface area contributed by atoms with Crippen LogP contribution in [-0.4, -0.2) is 4.98 Å². The Bertz CT molecular complexity index is 489. The summed E-state index contributed by atoms with van der Waals surface area (Å²) in [5.41, 5.74) is 3.01. The Labute approximate surface area is 102 Å². The van der Waals surface area contributed by atoms with Crippen LogP contribution in [0.25, 0.3) is 0 Å². The number of benzene rings is 1. The first-order chi connectivity index (χ1) is 8.29. The van der Waals surface area contributed by atoms with Gasteiger partial charge in [-0.05, 0) is 6.07 Å². The van der Waals surface area contributed by atoms with Gasteiger partial charge in [-0.15, -0.1) is 0 Å². The number of nitrogens with one attached hydrogen (secondary N) is 1. The molecule has 0 saturated heterocycles. The van der Waals surface area contributed by atoms with Gasteiger partial charge >= 0.3 is 0 Å². The number of aromatic nitrogens is 1. The average Bonchev–Trinajstić information content (AvgIpc) is 2.80. The Morgan fingerprint density at radius 2 is 2.18 bits per heavy atom. The maximum absolute atomic E-state index is 13.3. The molecule has 2 rings (SSSR count). The second-order valence-corrected chi connectivity index (χ2v) is 4.48. The molecule has 4 nitrogen and oxygen atoms in total. The molecule has 0 fully saturated rings. The third kappa shape index (κ3) is 3.23. The van der Waals surface area contributed by atoms with E-state index in [1.54, 1.807) is 24.4 Å². The molecule has 0 amide bonds. The zero-order chi connectivity index (χ0) is 12.1. The molecule has 0 atom stereocenters. The van der Waals surface area contributed by atoms with E-state index in [-0.39, 0.29) is 12.4 Å². The summed E-state index contributed by atoms with van der Waals surface area (Å²) in [6.45, 7) is 0.643. The van der Waals surface area contributed by atoms with Crippen molar-refractivity contribution < 1.29 is 9.13 Å². The standard InChI is InChI=1S/C11H12FN3OS/c12-10-4-2-1-3-8(10)6-16-7-9-5-14-11(15-13)17-9/h1-5H,6-7,13H2,(H,14,15). The van der Waals surface area contributed by atoms with Crippen LogP contribution in [0.3, 0.4) is 0 Å². The molecule has 0 radical (unpaired) electrons. The van der Waals surface area contributed by atoms with Crippen LogP contribution in [0.2, 0.25) is 0 Å². The number of rotatable bonds is 5. The quantitative estimate of drug-likeness (QED) is 0.634. The summed E-state index contributed by atoms with van der Waals surface area (Å²) in [5, 5.41) is 0.634. The number of anilines is 1. The predicted octanol–water partition coefficient (Wildman–Crippen LogP) is 2.28. The van der Waals surface area contributed by atoms with E-state index in [0.29, 0.717) is 17.3 Å². The van der Waals surface area contributed by atoms with Gasteiger partial charge in [0.1, 0.15) is 5.82 Å². The van der Waals surface area contributed by atoms with Crippen LogP contribution in [0.15, 0.2) is 30.5 Å². The summed E-state index contributed by atoms with van der Waals surface area (Å²) in [4.78, 5) is 4.95. The maximum atomic E-state index is 13.3. The molecule has 0 aliphatic heterocycles. The molecule has 1 aromatic carbocycles. The number of nitrogens with zero attached hydrogens (tertiary/aromatic N) is 1. The van der Waals surface area contributed by atoms with E-state index in [2.05, 4.69) is 10.4 Å². The van der Waals surface area contributed by atoms with Crippen molar-refractivity contribution in [2.75, 3.05) is 5.43 Å². The van der Waals surface area contributed by atoms with Crippen molar-refractivity contribution in [3.8, 4) is 0 Å². The molecule has 0 aliphatic carbocycles. The Kier molecular flexibility index (Phi) is 4.03. The molecular formula is C11H12FN3OS. The molecule has 90 valence electrons. The molecule has 2 aromatic rings. The van der Waals surface area contributed by atoms with Crippen molar-refractivity contribution in [3.63, 3.8) is 0 Å². The van der Waals surface area contributed by atoms with Gasteiger partial charge in [-0.1, -0.05) is 29.5 Å². The average molecular weight is 253 g/mol. The summed E-state index contributed by atoms with van der Waals surface area (Å²) in [5.74, 6) is 4.96. The van der Waals surface area contributed by atoms with Gasteiger partial charge in [0.15, 0.2) is 5.13 Å². The fraction of sp³-hybridized carbons (Fsp3) is 0.182. The molecule has 0 bridgehead atoms. The summed E-state index contributed by atoms with van der Waals surface area (Å²) >= 11 is 1.41. The van der Waals surface area contributed by atoms with E-state index in [1.807, 2.05) is 0 Å². The highest BCUT2D eigenvalue weighted by molar-refractivity contribution is 7.15. The number of thiazole rings is 1. The number of nitrogens with two attached hydrogens (primary N) is 1. The smallest absolute Gasteiger partial charge is 0.197 e. The summed E-state index contributed by atoms with van der Waals surface area (Å²) in [6, 6.07) is 6.56. The Balaban J connectivity index is 1.85. The second-order valence-electron chi connectivity index (χ2n) is 3.36. The SMILES string of the molecule is NNc1ncc(COCc2ccccc2F)s1. The summed E-state index contributed by atoms with van der Waals surface area (Å²) in [6.07, 6.45) is 1.68. The minimum Gasteiger partial charge on any atom is -0.371 e. The van der Waals surface area contributed by atoms with Crippen LogP contribution in [0.4, 0.5) is 9.52 Å². The van der Waals surface area contributed by atoms with Gasteiger partial charge in [0.05, 0.1) is 18.1 Å². The molecule has 3 N–H and O–H groups in total. The summed E-state index contributed by atoms with van der Waals surface area (Å²) in [7, 11) is 0. The monoisotopic (exact) mass is 253 g/mol. The van der Waals surface area contributed by atoms with Crippen LogP contribution in [0.1, 0.15) is 10.4 Å². The molecule has 1 heterocycles. The molecule has 6 heteroatoms. The van der Waals surface area contributed by atoms with Crippen molar-refractivity contribution in [3.05, 3.63) is 46.7 Å². The lowest BCUT2D eigenvalue weighted by atomic mass is 10.2.